The Kier molecular flexibility index (Phi) is 3.56. The maximum Gasteiger partial charge on any atom is 0.215 e. The van der Waals surface area contributed by atoms with Gasteiger partial charge in [0.15, 0.2) is 0 Å². The van der Waals surface area contributed by atoms with Crippen molar-refractivity contribution < 1.29 is 0 Å². The maximum atomic E-state index is 5.89. The Morgan fingerprint density at radius 3 is 2.70 bits per heavy atom. The fraction of sp³-hybridized carbons (Fsp3) is 0.583. The summed E-state index contributed by atoms with van der Waals surface area (Å²) in [7, 11) is 0. The summed E-state index contributed by atoms with van der Waals surface area (Å²) in [6.07, 6.45) is 4.77. The second-order valence-electron chi connectivity index (χ2n) is 5.03. The van der Waals surface area contributed by atoms with Gasteiger partial charge in [0.1, 0.15) is 16.7 Å². The zero-order chi connectivity index (χ0) is 14.1. The first kappa shape index (κ1) is 13.3. The number of aromatic nitrogens is 6. The van der Waals surface area contributed by atoms with Crippen LogP contribution >= 0.6 is 11.8 Å². The lowest BCUT2D eigenvalue weighted by atomic mass is 10.3. The van der Waals surface area contributed by atoms with Gasteiger partial charge in [-0.15, -0.1) is 5.10 Å². The van der Waals surface area contributed by atoms with Crippen LogP contribution in [0.2, 0.25) is 0 Å². The number of nitrogens with zero attached hydrogens (tertiary/aromatic N) is 6. The summed E-state index contributed by atoms with van der Waals surface area (Å²) in [5, 5.41) is 13.7. The van der Waals surface area contributed by atoms with Crippen molar-refractivity contribution in [2.75, 3.05) is 5.73 Å². The van der Waals surface area contributed by atoms with Gasteiger partial charge in [-0.05, 0) is 48.9 Å². The van der Waals surface area contributed by atoms with Gasteiger partial charge in [-0.2, -0.15) is 0 Å². The smallest absolute Gasteiger partial charge is 0.215 e. The van der Waals surface area contributed by atoms with Crippen LogP contribution in [0.5, 0.6) is 0 Å². The molecular weight excluding hydrogens is 274 g/mol. The fourth-order valence-corrected chi connectivity index (χ4v) is 3.40. The number of tetrazole rings is 1. The van der Waals surface area contributed by atoms with Crippen LogP contribution in [0.15, 0.2) is 10.2 Å². The van der Waals surface area contributed by atoms with E-state index in [0.29, 0.717) is 17.7 Å². The van der Waals surface area contributed by atoms with Gasteiger partial charge < -0.3 is 5.73 Å². The quantitative estimate of drug-likeness (QED) is 0.863. The number of anilines is 1. The molecule has 2 heterocycles. The highest BCUT2D eigenvalue weighted by atomic mass is 32.2. The summed E-state index contributed by atoms with van der Waals surface area (Å²) in [5.41, 5.74) is 6.76. The van der Waals surface area contributed by atoms with E-state index in [-0.39, 0.29) is 0 Å². The molecule has 1 saturated carbocycles. The first-order chi connectivity index (χ1) is 9.65. The molecule has 0 aliphatic heterocycles. The molecule has 2 aromatic heterocycles. The van der Waals surface area contributed by atoms with Crippen LogP contribution in [0.3, 0.4) is 0 Å². The van der Waals surface area contributed by atoms with E-state index in [1.54, 1.807) is 0 Å². The lowest BCUT2D eigenvalue weighted by Gasteiger charge is -2.11. The van der Waals surface area contributed by atoms with Crippen LogP contribution in [0, 0.1) is 13.8 Å². The summed E-state index contributed by atoms with van der Waals surface area (Å²) in [6.45, 7) is 3.75. The Hall–Kier alpha value is -1.70. The molecule has 8 heteroatoms. The van der Waals surface area contributed by atoms with E-state index in [0.717, 1.165) is 28.6 Å². The maximum absolute atomic E-state index is 5.89. The molecule has 7 nitrogen and oxygen atoms in total. The lowest BCUT2D eigenvalue weighted by Crippen LogP contribution is -2.09. The molecule has 1 aliphatic rings. The van der Waals surface area contributed by atoms with Crippen molar-refractivity contribution >= 4 is 17.6 Å². The predicted molar refractivity (Wildman–Crippen MR) is 75.4 cm³/mol. The minimum atomic E-state index is 0.410. The van der Waals surface area contributed by atoms with E-state index >= 15 is 0 Å². The van der Waals surface area contributed by atoms with Crippen molar-refractivity contribution in [1.82, 2.24) is 30.2 Å². The molecule has 1 fully saturated rings. The van der Waals surface area contributed by atoms with Gasteiger partial charge in [0.05, 0.1) is 6.04 Å². The second kappa shape index (κ2) is 5.35. The number of hydrogen-bond acceptors (Lipinski definition) is 7. The standard InChI is InChI=1S/C12H17N7S/c1-7-10(13)14-8(2)15-11(7)20-12-16-17-18-19(12)9-5-3-4-6-9/h9H,3-6H2,1-2H3,(H2,13,14,15). The van der Waals surface area contributed by atoms with Gasteiger partial charge in [0.25, 0.3) is 0 Å². The van der Waals surface area contributed by atoms with Crippen LogP contribution in [0.4, 0.5) is 5.82 Å². The van der Waals surface area contributed by atoms with E-state index in [1.165, 1.54) is 24.6 Å². The molecule has 0 bridgehead atoms. The van der Waals surface area contributed by atoms with Gasteiger partial charge in [-0.3, -0.25) is 0 Å². The van der Waals surface area contributed by atoms with Gasteiger partial charge in [-0.1, -0.05) is 12.8 Å². The summed E-state index contributed by atoms with van der Waals surface area (Å²) < 4.78 is 1.92. The van der Waals surface area contributed by atoms with Crippen molar-refractivity contribution in [1.29, 1.82) is 0 Å². The van der Waals surface area contributed by atoms with E-state index in [4.69, 9.17) is 5.73 Å². The Labute approximate surface area is 121 Å². The van der Waals surface area contributed by atoms with Crippen molar-refractivity contribution in [2.24, 2.45) is 0 Å². The molecular formula is C12H17N7S. The minimum Gasteiger partial charge on any atom is -0.383 e. The summed E-state index contributed by atoms with van der Waals surface area (Å²) in [5.74, 6) is 1.18. The highest BCUT2D eigenvalue weighted by molar-refractivity contribution is 7.99. The molecule has 0 saturated heterocycles. The van der Waals surface area contributed by atoms with E-state index in [1.807, 2.05) is 18.5 Å². The highest BCUT2D eigenvalue weighted by Crippen LogP contribution is 2.34. The average molecular weight is 291 g/mol. The molecule has 106 valence electrons. The van der Waals surface area contributed by atoms with Gasteiger partial charge >= 0.3 is 0 Å². The number of aryl methyl sites for hydroxylation is 1. The molecule has 0 spiro atoms. The third-order valence-corrected chi connectivity index (χ3v) is 4.61. The zero-order valence-electron chi connectivity index (χ0n) is 11.6. The van der Waals surface area contributed by atoms with Gasteiger partial charge in [0, 0.05) is 5.56 Å². The molecule has 20 heavy (non-hydrogen) atoms. The van der Waals surface area contributed by atoms with Crippen LogP contribution in [0.25, 0.3) is 0 Å². The number of nitrogen functional groups attached to an aromatic ring is 1. The molecule has 0 atom stereocenters. The van der Waals surface area contributed by atoms with Gasteiger partial charge in [-0.25, -0.2) is 14.6 Å². The normalized spacial score (nSPS) is 15.9. The van der Waals surface area contributed by atoms with Crippen LogP contribution < -0.4 is 5.73 Å². The molecule has 2 N–H and O–H groups in total. The van der Waals surface area contributed by atoms with Crippen molar-refractivity contribution in [3.63, 3.8) is 0 Å². The third kappa shape index (κ3) is 2.47. The Morgan fingerprint density at radius 2 is 1.95 bits per heavy atom. The fourth-order valence-electron chi connectivity index (χ4n) is 2.44. The molecule has 0 unspecified atom stereocenters. The molecule has 0 radical (unpaired) electrons. The monoisotopic (exact) mass is 291 g/mol. The van der Waals surface area contributed by atoms with E-state index in [2.05, 4.69) is 25.5 Å². The second-order valence-corrected chi connectivity index (χ2v) is 5.99. The largest absolute Gasteiger partial charge is 0.383 e. The number of hydrogen-bond donors (Lipinski definition) is 1. The lowest BCUT2D eigenvalue weighted by molar-refractivity contribution is 0.423. The topological polar surface area (TPSA) is 95.4 Å². The number of nitrogens with two attached hydrogens (primary N) is 1. The average Bonchev–Trinajstić information content (AvgIpc) is 3.05. The summed E-state index contributed by atoms with van der Waals surface area (Å²) in [6, 6.07) is 0.410. The molecule has 2 aromatic rings. The molecule has 3 rings (SSSR count). The molecule has 0 amide bonds. The van der Waals surface area contributed by atoms with Crippen LogP contribution in [0.1, 0.15) is 43.1 Å². The van der Waals surface area contributed by atoms with Crippen LogP contribution in [-0.2, 0) is 0 Å². The molecule has 1 aliphatic carbocycles. The third-order valence-electron chi connectivity index (χ3n) is 3.57. The van der Waals surface area contributed by atoms with Gasteiger partial charge in [0.2, 0.25) is 5.16 Å². The summed E-state index contributed by atoms with van der Waals surface area (Å²) in [4.78, 5) is 8.60. The highest BCUT2D eigenvalue weighted by Gasteiger charge is 2.22. The first-order valence-corrected chi connectivity index (χ1v) is 7.53. The SMILES string of the molecule is Cc1nc(N)c(C)c(Sc2nnnn2C2CCCC2)n1. The zero-order valence-corrected chi connectivity index (χ0v) is 12.4. The van der Waals surface area contributed by atoms with E-state index < -0.39 is 0 Å². The van der Waals surface area contributed by atoms with Crippen molar-refractivity contribution in [3.8, 4) is 0 Å². The van der Waals surface area contributed by atoms with Crippen molar-refractivity contribution in [3.05, 3.63) is 11.4 Å². The Morgan fingerprint density at radius 1 is 1.20 bits per heavy atom. The predicted octanol–water partition coefficient (Wildman–Crippen LogP) is 1.93. The Bertz CT molecular complexity index is 618. The first-order valence-electron chi connectivity index (χ1n) is 6.71. The molecule has 0 aromatic carbocycles. The number of rotatable bonds is 3. The minimum absolute atomic E-state index is 0.410. The van der Waals surface area contributed by atoms with Crippen molar-refractivity contribution in [2.45, 2.75) is 55.8 Å². The Balaban J connectivity index is 1.90. The summed E-state index contributed by atoms with van der Waals surface area (Å²) >= 11 is 1.46. The van der Waals surface area contributed by atoms with Crippen LogP contribution in [-0.4, -0.2) is 30.2 Å². The van der Waals surface area contributed by atoms with E-state index in [9.17, 15) is 0 Å².